The molecule has 57 heavy (non-hydrogen) atoms. The maximum Gasteiger partial charge on any atom is 0.519 e. The van der Waals surface area contributed by atoms with E-state index in [1.807, 2.05) is 0 Å². The first-order valence-electron chi connectivity index (χ1n) is 17.7. The van der Waals surface area contributed by atoms with Crippen molar-refractivity contribution in [2.45, 2.75) is 120 Å². The van der Waals surface area contributed by atoms with Gasteiger partial charge in [0, 0.05) is 13.3 Å². The second-order valence-corrected chi connectivity index (χ2v) is 14.3. The number of benzene rings is 2. The summed E-state index contributed by atoms with van der Waals surface area (Å²) in [7, 11) is 0. The van der Waals surface area contributed by atoms with Crippen LogP contribution in [0.2, 0.25) is 0 Å². The van der Waals surface area contributed by atoms with Crippen LogP contribution >= 0.6 is 0 Å². The summed E-state index contributed by atoms with van der Waals surface area (Å²) in [6.07, 6.45) is -2.49. The molecule has 0 saturated carbocycles. The molecule has 0 fully saturated rings. The lowest BCUT2D eigenvalue weighted by Crippen LogP contribution is -3.00. The quantitative estimate of drug-likeness (QED) is 0.112. The van der Waals surface area contributed by atoms with Crippen molar-refractivity contribution in [1.82, 2.24) is 4.90 Å². The van der Waals surface area contributed by atoms with Crippen LogP contribution in [0, 0.1) is 34.6 Å². The zero-order valence-corrected chi connectivity index (χ0v) is 36.1. The fourth-order valence-electron chi connectivity index (χ4n) is 3.58. The molecule has 0 amide bonds. The SMILES string of the molecule is CC#N.CC(C)(C)OC(=O)CCC(=O)c1cc(F)ccc1F.CC(C)(C)OC(=O)OC(=O)OC(C)(C)C.CCN(CC)CC.[Cl-].[NH3+]CC(=O)c1cc(F)ccc1F. The fraction of sp³-hybridized carbons (Fsp3) is 0.550. The molecule has 0 aliphatic heterocycles. The average molecular weight is 838 g/mol. The van der Waals surface area contributed by atoms with E-state index in [2.05, 4.69) is 36.1 Å². The number of hydrogen-bond donors (Lipinski definition) is 1. The largest absolute Gasteiger partial charge is 1.00 e. The summed E-state index contributed by atoms with van der Waals surface area (Å²) in [5.74, 6) is -4.47. The van der Waals surface area contributed by atoms with Crippen molar-refractivity contribution in [3.8, 4) is 6.07 Å². The second-order valence-electron chi connectivity index (χ2n) is 14.3. The Morgan fingerprint density at radius 1 is 0.649 bits per heavy atom. The van der Waals surface area contributed by atoms with Crippen LogP contribution in [-0.2, 0) is 23.7 Å². The van der Waals surface area contributed by atoms with Crippen molar-refractivity contribution in [2.75, 3.05) is 26.2 Å². The zero-order chi connectivity index (χ0) is 44.4. The second kappa shape index (κ2) is 29.6. The molecule has 2 aromatic rings. The van der Waals surface area contributed by atoms with Gasteiger partial charge in [-0.15, -0.1) is 0 Å². The highest BCUT2D eigenvalue weighted by atomic mass is 35.5. The van der Waals surface area contributed by atoms with Gasteiger partial charge in [-0.2, -0.15) is 5.26 Å². The van der Waals surface area contributed by atoms with E-state index in [9.17, 15) is 41.5 Å². The number of esters is 1. The molecule has 12 nitrogen and oxygen atoms in total. The molecule has 0 bridgehead atoms. The highest BCUT2D eigenvalue weighted by Gasteiger charge is 2.24. The Morgan fingerprint density at radius 2 is 0.982 bits per heavy atom. The van der Waals surface area contributed by atoms with Gasteiger partial charge in [0.2, 0.25) is 5.78 Å². The van der Waals surface area contributed by atoms with Crippen LogP contribution in [0.3, 0.4) is 0 Å². The number of ketones is 2. The summed E-state index contributed by atoms with van der Waals surface area (Å²) in [5, 5.41) is 7.32. The molecule has 0 spiro atoms. The first-order valence-corrected chi connectivity index (χ1v) is 17.7. The van der Waals surface area contributed by atoms with Gasteiger partial charge in [0.15, 0.2) is 5.78 Å². The predicted molar refractivity (Wildman–Crippen MR) is 203 cm³/mol. The van der Waals surface area contributed by atoms with Gasteiger partial charge >= 0.3 is 18.3 Å². The molecule has 0 radical (unpaired) electrons. The summed E-state index contributed by atoms with van der Waals surface area (Å²) in [5.41, 5.74) is 0.693. The Hall–Kier alpha value is -4.59. The molecule has 2 rings (SSSR count). The van der Waals surface area contributed by atoms with Crippen LogP contribution in [0.15, 0.2) is 36.4 Å². The molecule has 324 valence electrons. The molecular formula is C40H60ClF4N3O9. The van der Waals surface area contributed by atoms with E-state index >= 15 is 0 Å². The molecule has 0 saturated heterocycles. The summed E-state index contributed by atoms with van der Waals surface area (Å²) < 4.78 is 70.3. The highest BCUT2D eigenvalue weighted by Crippen LogP contribution is 2.15. The number of carbonyl (C=O) groups excluding carboxylic acids is 5. The number of carbonyl (C=O) groups is 5. The lowest BCUT2D eigenvalue weighted by molar-refractivity contribution is -0.349. The van der Waals surface area contributed by atoms with E-state index in [-0.39, 0.29) is 42.9 Å². The lowest BCUT2D eigenvalue weighted by atomic mass is 10.1. The Labute approximate surface area is 340 Å². The molecule has 2 aromatic carbocycles. The third kappa shape index (κ3) is 33.3. The van der Waals surface area contributed by atoms with Crippen molar-refractivity contribution in [2.24, 2.45) is 0 Å². The van der Waals surface area contributed by atoms with E-state index in [0.29, 0.717) is 0 Å². The number of nitriles is 1. The van der Waals surface area contributed by atoms with Crippen LogP contribution in [-0.4, -0.2) is 77.7 Å². The number of rotatable bonds is 9. The van der Waals surface area contributed by atoms with Gasteiger partial charge in [0.05, 0.1) is 23.6 Å². The van der Waals surface area contributed by atoms with Crippen LogP contribution in [0.5, 0.6) is 0 Å². The fourth-order valence-corrected chi connectivity index (χ4v) is 3.58. The zero-order valence-electron chi connectivity index (χ0n) is 35.4. The third-order valence-corrected chi connectivity index (χ3v) is 5.95. The van der Waals surface area contributed by atoms with Gasteiger partial charge < -0.3 is 42.0 Å². The molecular weight excluding hydrogens is 778 g/mol. The Morgan fingerprint density at radius 3 is 1.26 bits per heavy atom. The number of hydrogen-bond acceptors (Lipinski definition) is 11. The topological polar surface area (TPSA) is 177 Å². The summed E-state index contributed by atoms with van der Waals surface area (Å²) in [4.78, 5) is 58.4. The van der Waals surface area contributed by atoms with Crippen LogP contribution < -0.4 is 18.1 Å². The monoisotopic (exact) mass is 837 g/mol. The van der Waals surface area contributed by atoms with Gasteiger partial charge in [-0.3, -0.25) is 14.4 Å². The van der Waals surface area contributed by atoms with E-state index in [4.69, 9.17) is 19.5 Å². The predicted octanol–water partition coefficient (Wildman–Crippen LogP) is 5.41. The van der Waals surface area contributed by atoms with E-state index in [1.54, 1.807) is 68.4 Å². The van der Waals surface area contributed by atoms with E-state index < -0.39 is 69.9 Å². The van der Waals surface area contributed by atoms with Gasteiger partial charge in [0.25, 0.3) is 0 Å². The average Bonchev–Trinajstić information content (AvgIpc) is 3.05. The summed E-state index contributed by atoms with van der Waals surface area (Å²) in [6, 6.07) is 7.17. The number of nitrogens with zero attached hydrogens (tertiary/aromatic N) is 2. The number of halogens is 5. The maximum absolute atomic E-state index is 13.3. The van der Waals surface area contributed by atoms with Crippen LogP contribution in [0.1, 0.15) is 124 Å². The van der Waals surface area contributed by atoms with Gasteiger partial charge in [0.1, 0.15) is 46.6 Å². The normalized spacial score (nSPS) is 10.4. The highest BCUT2D eigenvalue weighted by molar-refractivity contribution is 5.98. The van der Waals surface area contributed by atoms with Crippen molar-refractivity contribution in [1.29, 1.82) is 5.26 Å². The van der Waals surface area contributed by atoms with Crippen LogP contribution in [0.25, 0.3) is 0 Å². The number of quaternary nitrogens is 1. The minimum absolute atomic E-state index is 0. The van der Waals surface area contributed by atoms with Crippen molar-refractivity contribution < 1.29 is 78.6 Å². The Balaban J connectivity index is -0.000000333. The minimum atomic E-state index is -1.06. The van der Waals surface area contributed by atoms with Crippen molar-refractivity contribution in [3.05, 3.63) is 70.8 Å². The summed E-state index contributed by atoms with van der Waals surface area (Å²) >= 11 is 0. The Bertz CT molecular complexity index is 1550. The molecule has 3 N–H and O–H groups in total. The van der Waals surface area contributed by atoms with Gasteiger partial charge in [-0.1, -0.05) is 20.8 Å². The smallest absolute Gasteiger partial charge is 0.519 e. The maximum atomic E-state index is 13.3. The third-order valence-electron chi connectivity index (χ3n) is 5.95. The Kier molecular flexibility index (Phi) is 30.7. The molecule has 0 atom stereocenters. The van der Waals surface area contributed by atoms with Gasteiger partial charge in [-0.05, 0) is 118 Å². The standard InChI is InChI=1S/C14H16F2O3.C10H18O5.C8H7F2NO.C6H15N.C2H3N.ClH/c1-14(2,3)19-13(18)7-6-12(17)10-8-9(15)4-5-11(10)16;1-9(2,3)14-7(11)13-8(12)15-10(4,5)6;9-5-1-2-7(10)6(3-5)8(12)4-11;1-4-7(5-2)6-3;1-2-3;/h4-5,8H,6-7H2,1-3H3;1-6H3;1-3H,4,11H2;4-6H2,1-3H3;1H3;1H. The molecule has 0 aliphatic carbocycles. The first-order chi connectivity index (χ1) is 25.6. The summed E-state index contributed by atoms with van der Waals surface area (Å²) in [6.45, 7) is 26.6. The van der Waals surface area contributed by atoms with Crippen LogP contribution in [0.4, 0.5) is 27.2 Å². The van der Waals surface area contributed by atoms with E-state index in [1.165, 1.54) is 26.6 Å². The van der Waals surface area contributed by atoms with Crippen molar-refractivity contribution in [3.63, 3.8) is 0 Å². The van der Waals surface area contributed by atoms with E-state index in [0.717, 1.165) is 36.4 Å². The lowest BCUT2D eigenvalue weighted by Gasteiger charge is -2.20. The molecule has 0 aliphatic rings. The molecule has 17 heteroatoms. The molecule has 0 unspecified atom stereocenters. The molecule has 0 aromatic heterocycles. The first kappa shape index (κ1) is 59.1. The molecule has 0 heterocycles. The van der Waals surface area contributed by atoms with Crippen molar-refractivity contribution >= 4 is 29.8 Å². The number of ether oxygens (including phenoxy) is 4. The number of Topliss-reactive ketones (excluding diaryl/α,β-unsaturated/α-hetero) is 2. The van der Waals surface area contributed by atoms with Gasteiger partial charge in [-0.25, -0.2) is 27.2 Å². The minimum Gasteiger partial charge on any atom is -1.00 e.